The standard InChI is InChI=1S/C24H46N2.2BrH/c1-7-9-11-13-19-25(3,4)21-23-15-17-24(18-16-23)22-26(5,6)20-14-12-10-8-2;;/h15-18H,7-14,19-22H2,1-6H3;2*1H/q+2;;/p-2. The van der Waals surface area contributed by atoms with Crippen molar-refractivity contribution in [3.8, 4) is 0 Å². The first-order valence-corrected chi connectivity index (χ1v) is 11.0. The Hall–Kier alpha value is 0.1000. The van der Waals surface area contributed by atoms with Crippen molar-refractivity contribution in [2.45, 2.75) is 78.3 Å². The minimum Gasteiger partial charge on any atom is -1.00 e. The van der Waals surface area contributed by atoms with Gasteiger partial charge in [-0.15, -0.1) is 0 Å². The average molecular weight is 522 g/mol. The molecule has 166 valence electrons. The molecule has 0 aliphatic heterocycles. The second-order valence-electron chi connectivity index (χ2n) is 9.57. The summed E-state index contributed by atoms with van der Waals surface area (Å²) in [6.07, 6.45) is 10.9. The molecule has 1 aromatic carbocycles. The van der Waals surface area contributed by atoms with Gasteiger partial charge in [0.15, 0.2) is 0 Å². The molecule has 0 unspecified atom stereocenters. The Labute approximate surface area is 197 Å². The van der Waals surface area contributed by atoms with E-state index in [1.165, 1.54) is 75.6 Å². The maximum absolute atomic E-state index is 2.37. The lowest BCUT2D eigenvalue weighted by molar-refractivity contribution is -0.904. The minimum atomic E-state index is 0. The fraction of sp³-hybridized carbons (Fsp3) is 0.750. The Kier molecular flexibility index (Phi) is 17.2. The van der Waals surface area contributed by atoms with Gasteiger partial charge in [-0.1, -0.05) is 63.8 Å². The molecular weight excluding hydrogens is 476 g/mol. The van der Waals surface area contributed by atoms with Crippen LogP contribution in [0.3, 0.4) is 0 Å². The summed E-state index contributed by atoms with van der Waals surface area (Å²) < 4.78 is 2.20. The molecular formula is C24H46Br2N2. The topological polar surface area (TPSA) is 0 Å². The van der Waals surface area contributed by atoms with Crippen molar-refractivity contribution in [1.29, 1.82) is 0 Å². The van der Waals surface area contributed by atoms with Crippen LogP contribution >= 0.6 is 0 Å². The Morgan fingerprint density at radius 3 is 1.14 bits per heavy atom. The lowest BCUT2D eigenvalue weighted by Gasteiger charge is -2.31. The zero-order valence-electron chi connectivity index (χ0n) is 19.4. The lowest BCUT2D eigenvalue weighted by atomic mass is 10.1. The molecule has 0 saturated carbocycles. The average Bonchev–Trinajstić information content (AvgIpc) is 2.57. The smallest absolute Gasteiger partial charge is 0.104 e. The zero-order valence-corrected chi connectivity index (χ0v) is 22.6. The van der Waals surface area contributed by atoms with E-state index in [0.717, 1.165) is 22.1 Å². The van der Waals surface area contributed by atoms with Crippen molar-refractivity contribution in [1.82, 2.24) is 0 Å². The first-order valence-electron chi connectivity index (χ1n) is 11.0. The van der Waals surface area contributed by atoms with Gasteiger partial charge in [-0.3, -0.25) is 0 Å². The van der Waals surface area contributed by atoms with Crippen LogP contribution in [-0.2, 0) is 13.1 Å². The largest absolute Gasteiger partial charge is 1.00 e. The minimum absolute atomic E-state index is 0. The van der Waals surface area contributed by atoms with Gasteiger partial charge in [0.05, 0.1) is 41.3 Å². The molecule has 2 nitrogen and oxygen atoms in total. The van der Waals surface area contributed by atoms with Gasteiger partial charge in [0.2, 0.25) is 0 Å². The number of unbranched alkanes of at least 4 members (excludes halogenated alkanes) is 6. The molecule has 1 aromatic rings. The van der Waals surface area contributed by atoms with Gasteiger partial charge in [0.1, 0.15) is 13.1 Å². The quantitative estimate of drug-likeness (QED) is 0.239. The molecule has 0 radical (unpaired) electrons. The number of benzene rings is 1. The number of hydrogen-bond acceptors (Lipinski definition) is 0. The number of rotatable bonds is 14. The van der Waals surface area contributed by atoms with Crippen LogP contribution in [-0.4, -0.2) is 50.2 Å². The van der Waals surface area contributed by atoms with Gasteiger partial charge in [-0.05, 0) is 25.7 Å². The van der Waals surface area contributed by atoms with E-state index in [4.69, 9.17) is 0 Å². The highest BCUT2D eigenvalue weighted by atomic mass is 79.9. The van der Waals surface area contributed by atoms with Crippen LogP contribution in [0.4, 0.5) is 0 Å². The Balaban J connectivity index is 0. The highest BCUT2D eigenvalue weighted by molar-refractivity contribution is 5.21. The first-order chi connectivity index (χ1) is 12.3. The van der Waals surface area contributed by atoms with Crippen molar-refractivity contribution >= 4 is 0 Å². The Bertz CT molecular complexity index is 439. The molecule has 0 aliphatic rings. The van der Waals surface area contributed by atoms with Crippen molar-refractivity contribution in [3.63, 3.8) is 0 Å². The molecule has 0 bridgehead atoms. The summed E-state index contributed by atoms with van der Waals surface area (Å²) in [5, 5.41) is 0. The van der Waals surface area contributed by atoms with Gasteiger partial charge < -0.3 is 42.9 Å². The number of quaternary nitrogens is 2. The fourth-order valence-corrected chi connectivity index (χ4v) is 3.83. The molecule has 28 heavy (non-hydrogen) atoms. The monoisotopic (exact) mass is 520 g/mol. The van der Waals surface area contributed by atoms with Crippen molar-refractivity contribution in [2.24, 2.45) is 0 Å². The summed E-state index contributed by atoms with van der Waals surface area (Å²) >= 11 is 0. The van der Waals surface area contributed by atoms with Crippen LogP contribution in [0.25, 0.3) is 0 Å². The highest BCUT2D eigenvalue weighted by Gasteiger charge is 2.17. The fourth-order valence-electron chi connectivity index (χ4n) is 3.83. The second kappa shape index (κ2) is 15.9. The SMILES string of the molecule is CCCCCC[N+](C)(C)Cc1ccc(C[N+](C)(C)CCCCCC)cc1.[Br-].[Br-]. The molecule has 0 N–H and O–H groups in total. The molecule has 0 aromatic heterocycles. The van der Waals surface area contributed by atoms with E-state index in [1.807, 2.05) is 0 Å². The van der Waals surface area contributed by atoms with Gasteiger partial charge >= 0.3 is 0 Å². The highest BCUT2D eigenvalue weighted by Crippen LogP contribution is 2.16. The van der Waals surface area contributed by atoms with E-state index < -0.39 is 0 Å². The van der Waals surface area contributed by atoms with Crippen LogP contribution in [0.5, 0.6) is 0 Å². The van der Waals surface area contributed by atoms with Crippen LogP contribution < -0.4 is 34.0 Å². The third-order valence-corrected chi connectivity index (χ3v) is 5.48. The summed E-state index contributed by atoms with van der Waals surface area (Å²) in [4.78, 5) is 0. The normalized spacial score (nSPS) is 11.6. The first kappa shape index (κ1) is 30.3. The molecule has 1 rings (SSSR count). The van der Waals surface area contributed by atoms with E-state index in [1.54, 1.807) is 0 Å². The van der Waals surface area contributed by atoms with Crippen LogP contribution in [0.2, 0.25) is 0 Å². The van der Waals surface area contributed by atoms with Crippen molar-refractivity contribution < 1.29 is 42.9 Å². The van der Waals surface area contributed by atoms with Gasteiger partial charge in [-0.25, -0.2) is 0 Å². The van der Waals surface area contributed by atoms with Gasteiger partial charge in [0, 0.05) is 11.1 Å². The van der Waals surface area contributed by atoms with E-state index in [-0.39, 0.29) is 34.0 Å². The third kappa shape index (κ3) is 14.1. The number of hydrogen-bond donors (Lipinski definition) is 0. The molecule has 0 saturated heterocycles. The summed E-state index contributed by atoms with van der Waals surface area (Å²) in [5.41, 5.74) is 2.95. The predicted molar refractivity (Wildman–Crippen MR) is 116 cm³/mol. The van der Waals surface area contributed by atoms with Crippen LogP contribution in [0.1, 0.15) is 76.3 Å². The van der Waals surface area contributed by atoms with E-state index in [2.05, 4.69) is 66.3 Å². The number of nitrogens with zero attached hydrogens (tertiary/aromatic N) is 2. The van der Waals surface area contributed by atoms with Crippen molar-refractivity contribution in [2.75, 3.05) is 41.3 Å². The Morgan fingerprint density at radius 1 is 0.536 bits per heavy atom. The van der Waals surface area contributed by atoms with Gasteiger partial charge in [-0.2, -0.15) is 0 Å². The molecule has 0 heterocycles. The predicted octanol–water partition coefficient (Wildman–Crippen LogP) is 0.00800. The number of halogens is 2. The molecule has 4 heteroatoms. The molecule has 0 amide bonds. The van der Waals surface area contributed by atoms with E-state index >= 15 is 0 Å². The maximum Gasteiger partial charge on any atom is 0.104 e. The van der Waals surface area contributed by atoms with Crippen molar-refractivity contribution in [3.05, 3.63) is 35.4 Å². The third-order valence-electron chi connectivity index (χ3n) is 5.48. The molecule has 0 fully saturated rings. The molecule has 0 spiro atoms. The molecule has 0 aliphatic carbocycles. The summed E-state index contributed by atoms with van der Waals surface area (Å²) in [7, 11) is 9.48. The van der Waals surface area contributed by atoms with E-state index in [9.17, 15) is 0 Å². The van der Waals surface area contributed by atoms with Crippen LogP contribution in [0, 0.1) is 0 Å². The van der Waals surface area contributed by atoms with Crippen LogP contribution in [0.15, 0.2) is 24.3 Å². The maximum atomic E-state index is 2.37. The van der Waals surface area contributed by atoms with E-state index in [0.29, 0.717) is 0 Å². The zero-order chi connectivity index (χ0) is 19.5. The molecule has 0 atom stereocenters. The second-order valence-corrected chi connectivity index (χ2v) is 9.57. The van der Waals surface area contributed by atoms with Gasteiger partial charge in [0.25, 0.3) is 0 Å². The summed E-state index contributed by atoms with van der Waals surface area (Å²) in [6.45, 7) is 9.41. The lowest BCUT2D eigenvalue weighted by Crippen LogP contribution is -3.00. The summed E-state index contributed by atoms with van der Waals surface area (Å²) in [6, 6.07) is 9.44. The summed E-state index contributed by atoms with van der Waals surface area (Å²) in [5.74, 6) is 0. The Morgan fingerprint density at radius 2 is 0.857 bits per heavy atom.